The van der Waals surface area contributed by atoms with Crippen LogP contribution in [-0.2, 0) is 13.1 Å². The van der Waals surface area contributed by atoms with Crippen molar-refractivity contribution in [1.29, 1.82) is 0 Å². The van der Waals surface area contributed by atoms with Crippen molar-refractivity contribution in [3.63, 3.8) is 0 Å². The first kappa shape index (κ1) is 14.5. The summed E-state index contributed by atoms with van der Waals surface area (Å²) in [6, 6.07) is 18.8. The third-order valence-corrected chi connectivity index (χ3v) is 3.77. The number of aryl methyl sites for hydroxylation is 2. The summed E-state index contributed by atoms with van der Waals surface area (Å²) in [6.07, 6.45) is 0. The second kappa shape index (κ2) is 6.58. The fourth-order valence-corrected chi connectivity index (χ4v) is 2.44. The van der Waals surface area contributed by atoms with Crippen molar-refractivity contribution in [3.8, 4) is 11.4 Å². The van der Waals surface area contributed by atoms with Crippen LogP contribution in [-0.4, -0.2) is 9.97 Å². The fraction of sp³-hybridized carbons (Fsp3) is 0.211. The molecule has 0 aliphatic carbocycles. The van der Waals surface area contributed by atoms with Crippen molar-refractivity contribution < 1.29 is 0 Å². The van der Waals surface area contributed by atoms with E-state index in [9.17, 15) is 0 Å². The van der Waals surface area contributed by atoms with E-state index in [0.29, 0.717) is 0 Å². The van der Waals surface area contributed by atoms with Gasteiger partial charge in [0, 0.05) is 24.3 Å². The Morgan fingerprint density at radius 2 is 1.64 bits per heavy atom. The van der Waals surface area contributed by atoms with Gasteiger partial charge in [-0.3, -0.25) is 0 Å². The summed E-state index contributed by atoms with van der Waals surface area (Å²) in [6.45, 7) is 5.79. The van der Waals surface area contributed by atoms with Gasteiger partial charge in [0.15, 0.2) is 0 Å². The maximum absolute atomic E-state index is 4.72. The van der Waals surface area contributed by atoms with E-state index in [-0.39, 0.29) is 0 Å². The van der Waals surface area contributed by atoms with Gasteiger partial charge in [-0.1, -0.05) is 60.2 Å². The van der Waals surface area contributed by atoms with E-state index in [4.69, 9.17) is 4.98 Å². The van der Waals surface area contributed by atoms with Crippen molar-refractivity contribution in [3.05, 3.63) is 77.1 Å². The highest BCUT2D eigenvalue weighted by Crippen LogP contribution is 2.18. The summed E-state index contributed by atoms with van der Waals surface area (Å²) in [5.41, 5.74) is 5.87. The van der Waals surface area contributed by atoms with Crippen LogP contribution in [0.4, 0.5) is 0 Å². The monoisotopic (exact) mass is 291 g/mol. The Labute approximate surface area is 131 Å². The van der Waals surface area contributed by atoms with E-state index in [1.807, 2.05) is 6.07 Å². The number of benzene rings is 2. The zero-order chi connectivity index (χ0) is 15.4. The quantitative estimate of drug-likeness (QED) is 0.746. The highest BCUT2D eigenvalue weighted by Gasteiger charge is 2.08. The number of hydrogen-bond donors (Lipinski definition) is 2. The van der Waals surface area contributed by atoms with Gasteiger partial charge in [0.05, 0.1) is 5.69 Å². The van der Waals surface area contributed by atoms with E-state index in [1.54, 1.807) is 0 Å². The molecule has 0 saturated heterocycles. The molecule has 0 bridgehead atoms. The predicted octanol–water partition coefficient (Wildman–Crippen LogP) is 3.98. The molecule has 0 radical (unpaired) electrons. The Bertz CT molecular complexity index is 727. The van der Waals surface area contributed by atoms with Gasteiger partial charge in [-0.05, 0) is 19.4 Å². The number of aromatic amines is 1. The molecule has 1 aromatic heterocycles. The van der Waals surface area contributed by atoms with Crippen LogP contribution in [0.5, 0.6) is 0 Å². The molecule has 0 aliphatic rings. The van der Waals surface area contributed by atoms with Crippen molar-refractivity contribution in [2.45, 2.75) is 26.9 Å². The Morgan fingerprint density at radius 1 is 0.909 bits per heavy atom. The van der Waals surface area contributed by atoms with Gasteiger partial charge in [-0.2, -0.15) is 0 Å². The highest BCUT2D eigenvalue weighted by atomic mass is 15.0. The minimum atomic E-state index is 0.767. The molecule has 0 fully saturated rings. The average Bonchev–Trinajstić information content (AvgIpc) is 2.90. The Kier molecular flexibility index (Phi) is 4.35. The molecule has 3 heteroatoms. The fourth-order valence-electron chi connectivity index (χ4n) is 2.44. The normalized spacial score (nSPS) is 10.8. The van der Waals surface area contributed by atoms with Gasteiger partial charge in [0.2, 0.25) is 0 Å². The summed E-state index contributed by atoms with van der Waals surface area (Å²) >= 11 is 0. The lowest BCUT2D eigenvalue weighted by atomic mass is 10.1. The largest absolute Gasteiger partial charge is 0.342 e. The number of imidazole rings is 1. The topological polar surface area (TPSA) is 40.7 Å². The molecule has 0 atom stereocenters. The highest BCUT2D eigenvalue weighted by molar-refractivity contribution is 5.56. The van der Waals surface area contributed by atoms with Crippen LogP contribution in [0.1, 0.15) is 22.5 Å². The molecule has 0 amide bonds. The molecular weight excluding hydrogens is 270 g/mol. The second-order valence-electron chi connectivity index (χ2n) is 5.61. The molecule has 3 rings (SSSR count). The third kappa shape index (κ3) is 3.43. The predicted molar refractivity (Wildman–Crippen MR) is 90.5 cm³/mol. The van der Waals surface area contributed by atoms with Crippen LogP contribution in [0.2, 0.25) is 0 Å². The molecule has 112 valence electrons. The molecule has 0 aliphatic heterocycles. The lowest BCUT2D eigenvalue weighted by Crippen LogP contribution is -2.13. The van der Waals surface area contributed by atoms with Crippen LogP contribution in [0.25, 0.3) is 11.4 Å². The number of hydrogen-bond acceptors (Lipinski definition) is 2. The number of rotatable bonds is 5. The number of aromatic nitrogens is 2. The first-order valence-electron chi connectivity index (χ1n) is 7.59. The lowest BCUT2D eigenvalue weighted by Gasteiger charge is -2.03. The Balaban J connectivity index is 1.66. The summed E-state index contributed by atoms with van der Waals surface area (Å²) in [5.74, 6) is 0.939. The van der Waals surface area contributed by atoms with Crippen LogP contribution >= 0.6 is 0 Å². The Morgan fingerprint density at radius 3 is 2.36 bits per heavy atom. The number of nitrogens with one attached hydrogen (secondary N) is 2. The van der Waals surface area contributed by atoms with Gasteiger partial charge in [0.25, 0.3) is 0 Å². The molecule has 0 saturated carbocycles. The second-order valence-corrected chi connectivity index (χ2v) is 5.61. The van der Waals surface area contributed by atoms with Gasteiger partial charge in [0.1, 0.15) is 5.82 Å². The zero-order valence-electron chi connectivity index (χ0n) is 13.1. The van der Waals surface area contributed by atoms with Crippen LogP contribution in [0.3, 0.4) is 0 Å². The first-order chi connectivity index (χ1) is 10.7. The van der Waals surface area contributed by atoms with Gasteiger partial charge < -0.3 is 10.3 Å². The summed E-state index contributed by atoms with van der Waals surface area (Å²) in [7, 11) is 0. The van der Waals surface area contributed by atoms with E-state index in [1.165, 1.54) is 11.1 Å². The number of nitrogens with zero attached hydrogens (tertiary/aromatic N) is 1. The van der Waals surface area contributed by atoms with E-state index < -0.39 is 0 Å². The molecular formula is C19H21N3. The van der Waals surface area contributed by atoms with Crippen LogP contribution < -0.4 is 5.32 Å². The maximum atomic E-state index is 4.72. The SMILES string of the molecule is Cc1ccc(-c2nc(CNCc3ccccc3)c(C)[nH]2)cc1. The number of H-pyrrole nitrogens is 1. The van der Waals surface area contributed by atoms with E-state index in [0.717, 1.165) is 35.9 Å². The third-order valence-electron chi connectivity index (χ3n) is 3.77. The zero-order valence-corrected chi connectivity index (χ0v) is 13.1. The molecule has 0 spiro atoms. The van der Waals surface area contributed by atoms with E-state index >= 15 is 0 Å². The van der Waals surface area contributed by atoms with Crippen molar-refractivity contribution >= 4 is 0 Å². The Hall–Kier alpha value is -2.39. The molecule has 0 unspecified atom stereocenters. The standard InChI is InChI=1S/C19H21N3/c1-14-8-10-17(11-9-14)19-21-15(2)18(22-19)13-20-12-16-6-4-3-5-7-16/h3-11,20H,12-13H2,1-2H3,(H,21,22). The summed E-state index contributed by atoms with van der Waals surface area (Å²) in [4.78, 5) is 8.10. The molecule has 2 N–H and O–H groups in total. The molecule has 3 nitrogen and oxygen atoms in total. The first-order valence-corrected chi connectivity index (χ1v) is 7.59. The molecule has 22 heavy (non-hydrogen) atoms. The van der Waals surface area contributed by atoms with Crippen molar-refractivity contribution in [2.75, 3.05) is 0 Å². The molecule has 2 aromatic carbocycles. The van der Waals surface area contributed by atoms with Crippen molar-refractivity contribution in [2.24, 2.45) is 0 Å². The molecule has 3 aromatic rings. The average molecular weight is 291 g/mol. The maximum Gasteiger partial charge on any atom is 0.137 e. The minimum Gasteiger partial charge on any atom is -0.342 e. The van der Waals surface area contributed by atoms with Crippen LogP contribution in [0, 0.1) is 13.8 Å². The summed E-state index contributed by atoms with van der Waals surface area (Å²) in [5, 5.41) is 3.45. The summed E-state index contributed by atoms with van der Waals surface area (Å²) < 4.78 is 0. The smallest absolute Gasteiger partial charge is 0.137 e. The van der Waals surface area contributed by atoms with Crippen LogP contribution in [0.15, 0.2) is 54.6 Å². The lowest BCUT2D eigenvalue weighted by molar-refractivity contribution is 0.679. The van der Waals surface area contributed by atoms with E-state index in [2.05, 4.69) is 72.7 Å². The van der Waals surface area contributed by atoms with Crippen molar-refractivity contribution in [1.82, 2.24) is 15.3 Å². The minimum absolute atomic E-state index is 0.767. The van der Waals surface area contributed by atoms with Gasteiger partial charge >= 0.3 is 0 Å². The van der Waals surface area contributed by atoms with Gasteiger partial charge in [-0.15, -0.1) is 0 Å². The van der Waals surface area contributed by atoms with Gasteiger partial charge in [-0.25, -0.2) is 4.98 Å². The molecule has 1 heterocycles.